The summed E-state index contributed by atoms with van der Waals surface area (Å²) in [4.78, 5) is 16.6. The number of aromatic nitrogens is 3. The Labute approximate surface area is 299 Å². The van der Waals surface area contributed by atoms with Crippen molar-refractivity contribution in [2.75, 3.05) is 0 Å². The van der Waals surface area contributed by atoms with Crippen LogP contribution in [0.25, 0.3) is 98.1 Å². The number of para-hydroxylation sites is 2. The third-order valence-corrected chi connectivity index (χ3v) is 10.9. The smallest absolute Gasteiger partial charge is 0.160 e. The number of hydrogen-bond donors (Lipinski definition) is 0. The first-order valence-electron chi connectivity index (χ1n) is 17.1. The van der Waals surface area contributed by atoms with Gasteiger partial charge < -0.3 is 0 Å². The van der Waals surface area contributed by atoms with E-state index in [1.54, 1.807) is 0 Å². The van der Waals surface area contributed by atoms with Gasteiger partial charge in [0, 0.05) is 43.3 Å². The highest BCUT2D eigenvalue weighted by Gasteiger charge is 2.23. The van der Waals surface area contributed by atoms with Crippen molar-refractivity contribution in [2.24, 2.45) is 0 Å². The SMILES string of the molecule is c1ccc(-c2nc(-c3ccc(-c4sc5c(-c6ccccc6)nc6ccccc6c5c4-c4ccc5ccccc5c4)cc3)c3ccccc3n2)cc1. The lowest BCUT2D eigenvalue weighted by Gasteiger charge is -2.12. The molecular formula is C47H29N3S. The fourth-order valence-corrected chi connectivity index (χ4v) is 8.57. The van der Waals surface area contributed by atoms with Crippen LogP contribution in [-0.2, 0) is 0 Å². The molecule has 0 aliphatic rings. The normalized spacial score (nSPS) is 11.5. The number of thiophene rings is 1. The largest absolute Gasteiger partial charge is 0.246 e. The van der Waals surface area contributed by atoms with Gasteiger partial charge in [-0.05, 0) is 40.1 Å². The maximum absolute atomic E-state index is 5.28. The average Bonchev–Trinajstić information content (AvgIpc) is 3.62. The zero-order valence-corrected chi connectivity index (χ0v) is 28.3. The van der Waals surface area contributed by atoms with Crippen molar-refractivity contribution in [2.45, 2.75) is 0 Å². The second-order valence-electron chi connectivity index (χ2n) is 12.8. The second-order valence-corrected chi connectivity index (χ2v) is 13.8. The molecule has 10 aromatic rings. The topological polar surface area (TPSA) is 38.7 Å². The van der Waals surface area contributed by atoms with E-state index < -0.39 is 0 Å². The van der Waals surface area contributed by atoms with Crippen molar-refractivity contribution in [3.63, 3.8) is 0 Å². The van der Waals surface area contributed by atoms with Gasteiger partial charge in [-0.15, -0.1) is 11.3 Å². The van der Waals surface area contributed by atoms with Crippen molar-refractivity contribution in [1.29, 1.82) is 0 Å². The molecule has 0 unspecified atom stereocenters. The summed E-state index contributed by atoms with van der Waals surface area (Å²) >= 11 is 1.83. The number of pyridine rings is 1. The summed E-state index contributed by atoms with van der Waals surface area (Å²) in [5, 5.41) is 5.90. The predicted molar refractivity (Wildman–Crippen MR) is 215 cm³/mol. The van der Waals surface area contributed by atoms with Gasteiger partial charge in [0.05, 0.1) is 27.1 Å². The van der Waals surface area contributed by atoms with Gasteiger partial charge in [-0.1, -0.05) is 158 Å². The van der Waals surface area contributed by atoms with Crippen LogP contribution in [0.1, 0.15) is 0 Å². The summed E-state index contributed by atoms with van der Waals surface area (Å²) in [7, 11) is 0. The Morgan fingerprint density at radius 2 is 0.941 bits per heavy atom. The molecule has 0 spiro atoms. The van der Waals surface area contributed by atoms with Gasteiger partial charge in [0.15, 0.2) is 5.82 Å². The molecule has 3 aromatic heterocycles. The first-order chi connectivity index (χ1) is 25.3. The van der Waals surface area contributed by atoms with Crippen LogP contribution in [-0.4, -0.2) is 15.0 Å². The van der Waals surface area contributed by atoms with E-state index >= 15 is 0 Å². The molecule has 3 heterocycles. The van der Waals surface area contributed by atoms with Crippen molar-refractivity contribution in [3.05, 3.63) is 176 Å². The Balaban J connectivity index is 1.22. The van der Waals surface area contributed by atoms with Gasteiger partial charge in [0.25, 0.3) is 0 Å². The Kier molecular flexibility index (Phi) is 7.00. The van der Waals surface area contributed by atoms with Crippen LogP contribution < -0.4 is 0 Å². The lowest BCUT2D eigenvalue weighted by Crippen LogP contribution is -1.95. The van der Waals surface area contributed by atoms with Gasteiger partial charge >= 0.3 is 0 Å². The maximum atomic E-state index is 5.28. The van der Waals surface area contributed by atoms with Crippen LogP contribution >= 0.6 is 11.3 Å². The highest BCUT2D eigenvalue weighted by molar-refractivity contribution is 7.23. The molecule has 10 rings (SSSR count). The van der Waals surface area contributed by atoms with Crippen molar-refractivity contribution in [1.82, 2.24) is 15.0 Å². The van der Waals surface area contributed by atoms with Crippen LogP contribution in [0.5, 0.6) is 0 Å². The van der Waals surface area contributed by atoms with Crippen LogP contribution in [0.2, 0.25) is 0 Å². The third-order valence-electron chi connectivity index (χ3n) is 9.67. The number of fused-ring (bicyclic) bond motifs is 5. The van der Waals surface area contributed by atoms with E-state index in [4.69, 9.17) is 15.0 Å². The molecule has 0 N–H and O–H groups in total. The maximum Gasteiger partial charge on any atom is 0.160 e. The molecule has 7 aromatic carbocycles. The lowest BCUT2D eigenvalue weighted by molar-refractivity contribution is 1.23. The number of rotatable bonds is 5. The molecular weight excluding hydrogens is 639 g/mol. The summed E-state index contributed by atoms with van der Waals surface area (Å²) in [6, 6.07) is 62.0. The van der Waals surface area contributed by atoms with Crippen molar-refractivity contribution in [3.8, 4) is 55.5 Å². The zero-order valence-electron chi connectivity index (χ0n) is 27.5. The fourth-order valence-electron chi connectivity index (χ4n) is 7.22. The minimum absolute atomic E-state index is 0.726. The highest BCUT2D eigenvalue weighted by Crippen LogP contribution is 2.50. The molecule has 0 amide bonds. The standard InChI is InChI=1S/C47H29N3S/c1-3-14-31(15-4-1)44-46-42(37-19-9-11-21-39(37)48-44)41(36-28-23-30-13-7-8-18-35(30)29-36)45(51-46)33-26-24-32(25-27-33)43-38-20-10-12-22-40(38)49-47(50-43)34-16-5-2-6-17-34/h1-29H. The molecule has 0 fully saturated rings. The minimum Gasteiger partial charge on any atom is -0.246 e. The van der Waals surface area contributed by atoms with E-state index in [1.807, 2.05) is 35.6 Å². The van der Waals surface area contributed by atoms with Gasteiger partial charge in [-0.2, -0.15) is 0 Å². The van der Waals surface area contributed by atoms with E-state index in [0.29, 0.717) is 0 Å². The van der Waals surface area contributed by atoms with Gasteiger partial charge in [0.2, 0.25) is 0 Å². The third kappa shape index (κ3) is 5.08. The molecule has 0 radical (unpaired) electrons. The van der Waals surface area contributed by atoms with Crippen LogP contribution in [0.3, 0.4) is 0 Å². The summed E-state index contributed by atoms with van der Waals surface area (Å²) in [6.07, 6.45) is 0. The van der Waals surface area contributed by atoms with Crippen molar-refractivity contribution >= 4 is 54.0 Å². The summed E-state index contributed by atoms with van der Waals surface area (Å²) in [6.45, 7) is 0. The zero-order chi connectivity index (χ0) is 33.7. The Bertz CT molecular complexity index is 2900. The summed E-state index contributed by atoms with van der Waals surface area (Å²) in [5.74, 6) is 0.726. The molecule has 51 heavy (non-hydrogen) atoms. The second kappa shape index (κ2) is 12.1. The fraction of sp³-hybridized carbons (Fsp3) is 0. The van der Waals surface area contributed by atoms with E-state index in [2.05, 4.69) is 152 Å². The molecule has 0 bridgehead atoms. The van der Waals surface area contributed by atoms with Crippen LogP contribution in [0, 0.1) is 0 Å². The Morgan fingerprint density at radius 3 is 1.71 bits per heavy atom. The first-order valence-corrected chi connectivity index (χ1v) is 17.9. The number of benzene rings is 7. The molecule has 0 aliphatic carbocycles. The van der Waals surface area contributed by atoms with E-state index in [1.165, 1.54) is 36.9 Å². The van der Waals surface area contributed by atoms with Gasteiger partial charge in [0.1, 0.15) is 0 Å². The van der Waals surface area contributed by atoms with E-state index in [0.717, 1.165) is 61.3 Å². The van der Waals surface area contributed by atoms with Crippen molar-refractivity contribution < 1.29 is 0 Å². The first kappa shape index (κ1) is 29.4. The molecule has 0 aliphatic heterocycles. The van der Waals surface area contributed by atoms with E-state index in [9.17, 15) is 0 Å². The highest BCUT2D eigenvalue weighted by atomic mass is 32.1. The van der Waals surface area contributed by atoms with Crippen LogP contribution in [0.15, 0.2) is 176 Å². The molecule has 0 atom stereocenters. The summed E-state index contributed by atoms with van der Waals surface area (Å²) in [5.41, 5.74) is 10.6. The lowest BCUT2D eigenvalue weighted by atomic mass is 9.93. The predicted octanol–water partition coefficient (Wildman–Crippen LogP) is 12.9. The summed E-state index contributed by atoms with van der Waals surface area (Å²) < 4.78 is 1.19. The molecule has 4 heteroatoms. The molecule has 238 valence electrons. The van der Waals surface area contributed by atoms with Gasteiger partial charge in [-0.3, -0.25) is 0 Å². The minimum atomic E-state index is 0.726. The number of hydrogen-bond acceptors (Lipinski definition) is 4. The molecule has 0 saturated carbocycles. The monoisotopic (exact) mass is 667 g/mol. The molecule has 3 nitrogen and oxygen atoms in total. The molecule has 0 saturated heterocycles. The van der Waals surface area contributed by atoms with Crippen LogP contribution in [0.4, 0.5) is 0 Å². The van der Waals surface area contributed by atoms with Gasteiger partial charge in [-0.25, -0.2) is 15.0 Å². The average molecular weight is 668 g/mol. The quantitative estimate of drug-likeness (QED) is 0.183. The van der Waals surface area contributed by atoms with E-state index in [-0.39, 0.29) is 0 Å². The Morgan fingerprint density at radius 1 is 0.373 bits per heavy atom. The Hall–Kier alpha value is -6.49. The number of nitrogens with zero attached hydrogens (tertiary/aromatic N) is 3.